The highest BCUT2D eigenvalue weighted by molar-refractivity contribution is 5.97. The molecule has 0 aliphatic rings. The molecule has 0 aliphatic heterocycles. The van der Waals surface area contributed by atoms with Gasteiger partial charge in [-0.05, 0) is 54.6 Å². The third-order valence-corrected chi connectivity index (χ3v) is 4.93. The summed E-state index contributed by atoms with van der Waals surface area (Å²) in [4.78, 5) is 14.6. The molecule has 0 aromatic heterocycles. The Morgan fingerprint density at radius 1 is 1.03 bits per heavy atom. The zero-order valence-electron chi connectivity index (χ0n) is 17.1. The van der Waals surface area contributed by atoms with Crippen molar-refractivity contribution in [3.63, 3.8) is 0 Å². The quantitative estimate of drug-likeness (QED) is 0.569. The molecule has 0 spiro atoms. The molecule has 0 saturated heterocycles. The molecular formula is C23H24F2N2O3. The third kappa shape index (κ3) is 5.24. The van der Waals surface area contributed by atoms with Gasteiger partial charge in [-0.3, -0.25) is 9.69 Å². The Labute approximate surface area is 174 Å². The van der Waals surface area contributed by atoms with Crippen molar-refractivity contribution in [3.05, 3.63) is 66.2 Å². The monoisotopic (exact) mass is 414 g/mol. The maximum absolute atomic E-state index is 12.7. The molecule has 0 radical (unpaired) electrons. The number of hydrogen-bond acceptors (Lipinski definition) is 4. The highest BCUT2D eigenvalue weighted by atomic mass is 19.3. The number of rotatable bonds is 8. The van der Waals surface area contributed by atoms with Crippen LogP contribution in [0.3, 0.4) is 0 Å². The van der Waals surface area contributed by atoms with Crippen LogP contribution < -0.4 is 14.8 Å². The number of hydrogen-bond donors (Lipinski definition) is 1. The Hall–Kier alpha value is -3.19. The van der Waals surface area contributed by atoms with Gasteiger partial charge in [0, 0.05) is 12.2 Å². The molecule has 1 atom stereocenters. The molecule has 3 rings (SSSR count). The zero-order chi connectivity index (χ0) is 21.7. The Morgan fingerprint density at radius 3 is 2.47 bits per heavy atom. The fraction of sp³-hybridized carbons (Fsp3) is 0.261. The van der Waals surface area contributed by atoms with E-state index in [2.05, 4.69) is 10.1 Å². The highest BCUT2D eigenvalue weighted by Crippen LogP contribution is 2.30. The van der Waals surface area contributed by atoms with Gasteiger partial charge in [-0.1, -0.05) is 36.4 Å². The number of anilines is 1. The van der Waals surface area contributed by atoms with Crippen LogP contribution in [0, 0.1) is 0 Å². The molecule has 0 heterocycles. The summed E-state index contributed by atoms with van der Waals surface area (Å²) in [6.45, 7) is -0.689. The average molecular weight is 414 g/mol. The molecule has 5 nitrogen and oxygen atoms in total. The lowest BCUT2D eigenvalue weighted by molar-refractivity contribution is -0.120. The molecular weight excluding hydrogens is 390 g/mol. The Kier molecular flexibility index (Phi) is 6.84. The van der Waals surface area contributed by atoms with Crippen molar-refractivity contribution in [1.82, 2.24) is 4.90 Å². The number of carbonyl (C=O) groups is 1. The zero-order valence-corrected chi connectivity index (χ0v) is 17.1. The maximum atomic E-state index is 12.7. The van der Waals surface area contributed by atoms with Gasteiger partial charge in [0.05, 0.1) is 13.2 Å². The molecule has 0 fully saturated rings. The van der Waals surface area contributed by atoms with E-state index in [-0.39, 0.29) is 17.4 Å². The van der Waals surface area contributed by atoms with Gasteiger partial charge < -0.3 is 14.8 Å². The Balaban J connectivity index is 1.65. The van der Waals surface area contributed by atoms with Crippen LogP contribution in [0.25, 0.3) is 10.8 Å². The van der Waals surface area contributed by atoms with E-state index in [1.807, 2.05) is 61.3 Å². The van der Waals surface area contributed by atoms with Crippen LogP contribution in [0.1, 0.15) is 12.5 Å². The largest absolute Gasteiger partial charge is 0.493 e. The van der Waals surface area contributed by atoms with Crippen molar-refractivity contribution in [3.8, 4) is 11.5 Å². The predicted octanol–water partition coefficient (Wildman–Crippen LogP) is 4.91. The molecule has 7 heteroatoms. The SMILES string of the molecule is COc1cc(CN(C)[C@H](C)C(=O)Nc2ccc3ccccc3c2)ccc1OC(F)F. The highest BCUT2D eigenvalue weighted by Gasteiger charge is 2.19. The lowest BCUT2D eigenvalue weighted by atomic mass is 10.1. The molecule has 0 aliphatic carbocycles. The fourth-order valence-corrected chi connectivity index (χ4v) is 3.14. The molecule has 158 valence electrons. The van der Waals surface area contributed by atoms with E-state index in [0.717, 1.165) is 22.0 Å². The lowest BCUT2D eigenvalue weighted by Gasteiger charge is -2.24. The van der Waals surface area contributed by atoms with Crippen molar-refractivity contribution < 1.29 is 23.0 Å². The second-order valence-electron chi connectivity index (χ2n) is 7.01. The third-order valence-electron chi connectivity index (χ3n) is 4.93. The minimum Gasteiger partial charge on any atom is -0.493 e. The number of carbonyl (C=O) groups excluding carboxylic acids is 1. The first-order chi connectivity index (χ1) is 14.4. The molecule has 3 aromatic carbocycles. The summed E-state index contributed by atoms with van der Waals surface area (Å²) >= 11 is 0. The van der Waals surface area contributed by atoms with Crippen LogP contribution in [-0.4, -0.2) is 37.6 Å². The number of nitrogens with one attached hydrogen (secondary N) is 1. The topological polar surface area (TPSA) is 50.8 Å². The van der Waals surface area contributed by atoms with E-state index < -0.39 is 12.7 Å². The minimum atomic E-state index is -2.92. The first kappa shape index (κ1) is 21.5. The van der Waals surface area contributed by atoms with Gasteiger partial charge in [-0.25, -0.2) is 0 Å². The van der Waals surface area contributed by atoms with Crippen LogP contribution in [0.4, 0.5) is 14.5 Å². The van der Waals surface area contributed by atoms with Crippen LogP contribution >= 0.6 is 0 Å². The van der Waals surface area contributed by atoms with E-state index in [0.29, 0.717) is 6.54 Å². The van der Waals surface area contributed by atoms with Gasteiger partial charge in [-0.15, -0.1) is 0 Å². The first-order valence-corrected chi connectivity index (χ1v) is 9.49. The van der Waals surface area contributed by atoms with Gasteiger partial charge in [0.25, 0.3) is 0 Å². The van der Waals surface area contributed by atoms with E-state index in [4.69, 9.17) is 4.74 Å². The molecule has 3 aromatic rings. The first-order valence-electron chi connectivity index (χ1n) is 9.49. The van der Waals surface area contributed by atoms with Crippen LogP contribution in [0.5, 0.6) is 11.5 Å². The summed E-state index contributed by atoms with van der Waals surface area (Å²) in [6, 6.07) is 18.0. The summed E-state index contributed by atoms with van der Waals surface area (Å²) in [7, 11) is 3.21. The lowest BCUT2D eigenvalue weighted by Crippen LogP contribution is -2.39. The second-order valence-corrected chi connectivity index (χ2v) is 7.01. The van der Waals surface area contributed by atoms with Gasteiger partial charge in [0.1, 0.15) is 0 Å². The van der Waals surface area contributed by atoms with Crippen LogP contribution in [-0.2, 0) is 11.3 Å². The molecule has 0 saturated carbocycles. The summed E-state index contributed by atoms with van der Waals surface area (Å²) in [5.74, 6) is 0.0490. The fourth-order valence-electron chi connectivity index (χ4n) is 3.14. The number of likely N-dealkylation sites (N-methyl/N-ethyl adjacent to an activating group) is 1. The second kappa shape index (κ2) is 9.54. The number of halogens is 2. The molecule has 0 unspecified atom stereocenters. The van der Waals surface area contributed by atoms with Crippen LogP contribution in [0.15, 0.2) is 60.7 Å². The van der Waals surface area contributed by atoms with Crippen molar-refractivity contribution >= 4 is 22.4 Å². The number of ether oxygens (including phenoxy) is 2. The number of alkyl halides is 2. The molecule has 1 amide bonds. The molecule has 0 bridgehead atoms. The van der Waals surface area contributed by atoms with Crippen LogP contribution in [0.2, 0.25) is 0 Å². The summed E-state index contributed by atoms with van der Waals surface area (Å²) in [5.41, 5.74) is 1.54. The number of amides is 1. The van der Waals surface area contributed by atoms with Crippen molar-refractivity contribution in [2.75, 3.05) is 19.5 Å². The number of methoxy groups -OCH3 is 1. The van der Waals surface area contributed by atoms with E-state index in [1.54, 1.807) is 12.1 Å². The van der Waals surface area contributed by atoms with E-state index >= 15 is 0 Å². The van der Waals surface area contributed by atoms with Crippen molar-refractivity contribution in [2.45, 2.75) is 26.1 Å². The summed E-state index contributed by atoms with van der Waals surface area (Å²) < 4.78 is 34.5. The smallest absolute Gasteiger partial charge is 0.387 e. The Bertz CT molecular complexity index is 1030. The molecule has 30 heavy (non-hydrogen) atoms. The van der Waals surface area contributed by atoms with Crippen molar-refractivity contribution in [2.24, 2.45) is 0 Å². The van der Waals surface area contributed by atoms with Gasteiger partial charge >= 0.3 is 6.61 Å². The molecule has 1 N–H and O–H groups in total. The minimum absolute atomic E-state index is 0.0269. The van der Waals surface area contributed by atoms with Gasteiger partial charge in [0.15, 0.2) is 11.5 Å². The number of nitrogens with zero attached hydrogens (tertiary/aromatic N) is 1. The van der Waals surface area contributed by atoms with Gasteiger partial charge in [0.2, 0.25) is 5.91 Å². The maximum Gasteiger partial charge on any atom is 0.387 e. The summed E-state index contributed by atoms with van der Waals surface area (Å²) in [5, 5.41) is 5.10. The predicted molar refractivity (Wildman–Crippen MR) is 113 cm³/mol. The number of benzene rings is 3. The number of fused-ring (bicyclic) bond motifs is 1. The average Bonchev–Trinajstić information content (AvgIpc) is 2.73. The van der Waals surface area contributed by atoms with Crippen molar-refractivity contribution in [1.29, 1.82) is 0 Å². The van der Waals surface area contributed by atoms with Gasteiger partial charge in [-0.2, -0.15) is 8.78 Å². The summed E-state index contributed by atoms with van der Waals surface area (Å²) in [6.07, 6.45) is 0. The van der Waals surface area contributed by atoms with E-state index in [9.17, 15) is 13.6 Å². The van der Waals surface area contributed by atoms with E-state index in [1.165, 1.54) is 13.2 Å². The standard InChI is InChI=1S/C23H24F2N2O3/c1-15(22(28)26-19-10-9-17-6-4-5-7-18(17)13-19)27(2)14-16-8-11-20(30-23(24)25)21(12-16)29-3/h4-13,15,23H,14H2,1-3H3,(H,26,28)/t15-/m1/s1. The normalized spacial score (nSPS) is 12.2. The Morgan fingerprint density at radius 2 is 1.77 bits per heavy atom.